The summed E-state index contributed by atoms with van der Waals surface area (Å²) in [5.74, 6) is 1.39. The Morgan fingerprint density at radius 1 is 1.03 bits per heavy atom. The first kappa shape index (κ1) is 20.7. The van der Waals surface area contributed by atoms with Crippen molar-refractivity contribution in [3.63, 3.8) is 0 Å². The number of nitrogens with one attached hydrogen (secondary N) is 1. The van der Waals surface area contributed by atoms with Crippen molar-refractivity contribution in [3.05, 3.63) is 77.4 Å². The highest BCUT2D eigenvalue weighted by Gasteiger charge is 2.41. The van der Waals surface area contributed by atoms with E-state index in [1.165, 1.54) is 0 Å². The van der Waals surface area contributed by atoms with Crippen LogP contribution in [0.5, 0.6) is 0 Å². The molecule has 3 aromatic rings. The molecule has 32 heavy (non-hydrogen) atoms. The lowest BCUT2D eigenvalue weighted by atomic mass is 9.89. The fraction of sp³-hybridized carbons (Fsp3) is 0.348. The van der Waals surface area contributed by atoms with Crippen molar-refractivity contribution >= 4 is 11.6 Å². The smallest absolute Gasteiger partial charge is 0.319 e. The van der Waals surface area contributed by atoms with Crippen molar-refractivity contribution < 1.29 is 18.0 Å². The maximum Gasteiger partial charge on any atom is 0.416 e. The van der Waals surface area contributed by atoms with E-state index >= 15 is 0 Å². The number of halogens is 3. The van der Waals surface area contributed by atoms with Gasteiger partial charge in [0.2, 0.25) is 5.82 Å². The number of nitrogens with zero attached hydrogens (tertiary/aromatic N) is 4. The van der Waals surface area contributed by atoms with E-state index in [0.29, 0.717) is 30.5 Å². The van der Waals surface area contributed by atoms with Crippen LogP contribution in [0.15, 0.2) is 54.6 Å². The van der Waals surface area contributed by atoms with Crippen LogP contribution in [0.25, 0.3) is 0 Å². The van der Waals surface area contributed by atoms with Crippen molar-refractivity contribution in [1.82, 2.24) is 19.7 Å². The first-order chi connectivity index (χ1) is 15.4. The Bertz CT molecular complexity index is 1110. The zero-order valence-electron chi connectivity index (χ0n) is 17.2. The fourth-order valence-corrected chi connectivity index (χ4v) is 4.71. The number of rotatable bonds is 4. The first-order valence-corrected chi connectivity index (χ1v) is 10.6. The van der Waals surface area contributed by atoms with Gasteiger partial charge in [0.25, 0.3) is 5.91 Å². The maximum atomic E-state index is 12.8. The Morgan fingerprint density at radius 3 is 2.50 bits per heavy atom. The second-order valence-electron chi connectivity index (χ2n) is 8.40. The molecule has 1 aromatic heterocycles. The molecule has 2 aliphatic rings. The van der Waals surface area contributed by atoms with Crippen LogP contribution in [0.4, 0.5) is 18.9 Å². The van der Waals surface area contributed by atoms with Gasteiger partial charge in [-0.05, 0) is 42.2 Å². The Morgan fingerprint density at radius 2 is 1.78 bits per heavy atom. The van der Waals surface area contributed by atoms with Crippen LogP contribution >= 0.6 is 0 Å². The van der Waals surface area contributed by atoms with Crippen LogP contribution in [0, 0.1) is 5.92 Å². The van der Waals surface area contributed by atoms with Crippen molar-refractivity contribution in [2.24, 2.45) is 5.92 Å². The minimum Gasteiger partial charge on any atom is -0.319 e. The van der Waals surface area contributed by atoms with Crippen LogP contribution < -0.4 is 5.32 Å². The number of benzene rings is 2. The summed E-state index contributed by atoms with van der Waals surface area (Å²) in [6, 6.07) is 14.6. The van der Waals surface area contributed by atoms with Crippen molar-refractivity contribution in [1.29, 1.82) is 0 Å². The van der Waals surface area contributed by atoms with Gasteiger partial charge in [-0.2, -0.15) is 13.2 Å². The van der Waals surface area contributed by atoms with Crippen LogP contribution in [-0.4, -0.2) is 38.7 Å². The maximum absolute atomic E-state index is 12.8. The molecule has 5 rings (SSSR count). The minimum atomic E-state index is -4.32. The molecule has 0 aliphatic carbocycles. The number of anilines is 1. The number of amides is 1. The predicted molar refractivity (Wildman–Crippen MR) is 112 cm³/mol. The third kappa shape index (κ3) is 4.00. The molecule has 0 radical (unpaired) electrons. The number of alkyl halides is 3. The van der Waals surface area contributed by atoms with Crippen LogP contribution in [-0.2, 0) is 19.3 Å². The highest BCUT2D eigenvalue weighted by atomic mass is 19.4. The lowest BCUT2D eigenvalue weighted by Gasteiger charge is -2.25. The van der Waals surface area contributed by atoms with Gasteiger partial charge in [-0.1, -0.05) is 30.3 Å². The van der Waals surface area contributed by atoms with Gasteiger partial charge in [-0.3, -0.25) is 9.69 Å². The average molecular weight is 441 g/mol. The molecule has 1 amide bonds. The molecule has 0 unspecified atom stereocenters. The van der Waals surface area contributed by atoms with Gasteiger partial charge in [0.05, 0.1) is 5.56 Å². The lowest BCUT2D eigenvalue weighted by Crippen LogP contribution is -2.27. The standard InChI is InChI=1S/C23H22F3N5O/c24-23(25,26)17-8-6-15(7-9-17)12-30-13-16-10-11-31-20(19(16)14-30)28-29-21(31)22(32)27-18-4-2-1-3-5-18/h1-9,16,19H,10-14H2,(H,27,32)/t16-,19-/m1/s1. The summed E-state index contributed by atoms with van der Waals surface area (Å²) in [7, 11) is 0. The Balaban J connectivity index is 1.28. The van der Waals surface area contributed by atoms with Gasteiger partial charge in [0.1, 0.15) is 5.82 Å². The van der Waals surface area contributed by atoms with Crippen LogP contribution in [0.2, 0.25) is 0 Å². The normalized spacial score (nSPS) is 20.6. The van der Waals surface area contributed by atoms with Crippen LogP contribution in [0.3, 0.4) is 0 Å². The molecule has 2 aliphatic heterocycles. The molecule has 1 saturated heterocycles. The number of likely N-dealkylation sites (tertiary alicyclic amines) is 1. The van der Waals surface area contributed by atoms with E-state index in [4.69, 9.17) is 0 Å². The number of carbonyl (C=O) groups excluding carboxylic acids is 1. The Labute approximate surface area is 183 Å². The lowest BCUT2D eigenvalue weighted by molar-refractivity contribution is -0.137. The number of aromatic nitrogens is 3. The predicted octanol–water partition coefficient (Wildman–Crippen LogP) is 4.17. The molecule has 2 aromatic carbocycles. The summed E-state index contributed by atoms with van der Waals surface area (Å²) in [6.45, 7) is 2.85. The van der Waals surface area contributed by atoms with E-state index in [1.54, 1.807) is 12.1 Å². The van der Waals surface area contributed by atoms with Gasteiger partial charge in [0, 0.05) is 37.8 Å². The molecular formula is C23H22F3N5O. The summed E-state index contributed by atoms with van der Waals surface area (Å²) < 4.78 is 40.3. The SMILES string of the molecule is O=C(Nc1ccccc1)c1nnc2n1CC[C@@H]1CN(Cc3ccc(C(F)(F)F)cc3)C[C@@H]21. The number of hydrogen-bond donors (Lipinski definition) is 1. The molecule has 0 spiro atoms. The molecule has 1 fully saturated rings. The largest absolute Gasteiger partial charge is 0.416 e. The summed E-state index contributed by atoms with van der Waals surface area (Å²) in [5.41, 5.74) is 0.916. The fourth-order valence-electron chi connectivity index (χ4n) is 4.71. The van der Waals surface area contributed by atoms with Gasteiger partial charge in [-0.15, -0.1) is 10.2 Å². The third-order valence-electron chi connectivity index (χ3n) is 6.27. The van der Waals surface area contributed by atoms with E-state index in [0.717, 1.165) is 43.0 Å². The average Bonchev–Trinajstić information content (AvgIpc) is 3.37. The number of para-hydroxylation sites is 1. The van der Waals surface area contributed by atoms with E-state index in [9.17, 15) is 18.0 Å². The van der Waals surface area contributed by atoms with E-state index in [-0.39, 0.29) is 11.8 Å². The van der Waals surface area contributed by atoms with Crippen molar-refractivity contribution in [2.75, 3.05) is 18.4 Å². The summed E-state index contributed by atoms with van der Waals surface area (Å²) in [4.78, 5) is 15.0. The molecule has 0 saturated carbocycles. The van der Waals surface area contributed by atoms with Gasteiger partial charge < -0.3 is 9.88 Å². The molecule has 9 heteroatoms. The highest BCUT2D eigenvalue weighted by Crippen LogP contribution is 2.39. The van der Waals surface area contributed by atoms with E-state index in [1.807, 2.05) is 34.9 Å². The number of carbonyl (C=O) groups is 1. The molecular weight excluding hydrogens is 419 g/mol. The second-order valence-corrected chi connectivity index (χ2v) is 8.40. The molecule has 166 valence electrons. The molecule has 0 bridgehead atoms. The zero-order valence-corrected chi connectivity index (χ0v) is 17.2. The molecule has 1 N–H and O–H groups in total. The monoisotopic (exact) mass is 441 g/mol. The highest BCUT2D eigenvalue weighted by molar-refractivity contribution is 6.01. The van der Waals surface area contributed by atoms with Gasteiger partial charge in [0.15, 0.2) is 0 Å². The van der Waals surface area contributed by atoms with Crippen LogP contribution in [0.1, 0.15) is 39.9 Å². The van der Waals surface area contributed by atoms with Gasteiger partial charge >= 0.3 is 6.18 Å². The quantitative estimate of drug-likeness (QED) is 0.660. The number of hydrogen-bond acceptors (Lipinski definition) is 4. The Kier molecular flexibility index (Phi) is 5.21. The summed E-state index contributed by atoms with van der Waals surface area (Å²) >= 11 is 0. The van der Waals surface area contributed by atoms with E-state index < -0.39 is 11.7 Å². The van der Waals surface area contributed by atoms with Crippen molar-refractivity contribution in [3.8, 4) is 0 Å². The third-order valence-corrected chi connectivity index (χ3v) is 6.27. The molecule has 6 nitrogen and oxygen atoms in total. The van der Waals surface area contributed by atoms with Gasteiger partial charge in [-0.25, -0.2) is 0 Å². The zero-order chi connectivity index (χ0) is 22.3. The van der Waals surface area contributed by atoms with Crippen molar-refractivity contribution in [2.45, 2.75) is 31.6 Å². The molecule has 2 atom stereocenters. The summed E-state index contributed by atoms with van der Waals surface area (Å²) in [6.07, 6.45) is -3.42. The topological polar surface area (TPSA) is 63.1 Å². The Hall–Kier alpha value is -3.20. The summed E-state index contributed by atoms with van der Waals surface area (Å²) in [5, 5.41) is 11.4. The molecule has 3 heterocycles. The van der Waals surface area contributed by atoms with E-state index in [2.05, 4.69) is 20.4 Å². The minimum absolute atomic E-state index is 0.156. The second kappa shape index (κ2) is 8.05. The first-order valence-electron chi connectivity index (χ1n) is 10.6. The number of fused-ring (bicyclic) bond motifs is 3.